The standard InChI is InChI=1S/C12H24N2/c1-10-3-2-4-12(9-10)14-7-5-11(13)6-8-14/h10-12H,2-9,13H2,1H3. The van der Waals surface area contributed by atoms with E-state index in [1.165, 1.54) is 51.6 Å². The topological polar surface area (TPSA) is 29.3 Å². The van der Waals surface area contributed by atoms with E-state index >= 15 is 0 Å². The van der Waals surface area contributed by atoms with Crippen LogP contribution in [0.2, 0.25) is 0 Å². The molecule has 2 heteroatoms. The van der Waals surface area contributed by atoms with E-state index in [9.17, 15) is 0 Å². The zero-order chi connectivity index (χ0) is 9.97. The van der Waals surface area contributed by atoms with E-state index in [0.29, 0.717) is 6.04 Å². The lowest BCUT2D eigenvalue weighted by Gasteiger charge is -2.40. The molecule has 2 fully saturated rings. The Bertz CT molecular complexity index is 173. The zero-order valence-electron chi connectivity index (χ0n) is 9.41. The van der Waals surface area contributed by atoms with Crippen LogP contribution in [0.5, 0.6) is 0 Å². The van der Waals surface area contributed by atoms with E-state index in [-0.39, 0.29) is 0 Å². The molecular weight excluding hydrogens is 172 g/mol. The van der Waals surface area contributed by atoms with Crippen molar-refractivity contribution in [2.24, 2.45) is 11.7 Å². The fraction of sp³-hybridized carbons (Fsp3) is 1.00. The highest BCUT2D eigenvalue weighted by atomic mass is 15.2. The van der Waals surface area contributed by atoms with Crippen molar-refractivity contribution in [3.8, 4) is 0 Å². The van der Waals surface area contributed by atoms with E-state index in [4.69, 9.17) is 5.73 Å². The number of nitrogens with two attached hydrogens (primary N) is 1. The first kappa shape index (κ1) is 10.4. The van der Waals surface area contributed by atoms with Crippen molar-refractivity contribution >= 4 is 0 Å². The molecule has 1 saturated carbocycles. The number of rotatable bonds is 1. The minimum Gasteiger partial charge on any atom is -0.328 e. The summed E-state index contributed by atoms with van der Waals surface area (Å²) in [5.74, 6) is 0.948. The molecule has 1 aliphatic carbocycles. The van der Waals surface area contributed by atoms with Crippen molar-refractivity contribution in [3.63, 3.8) is 0 Å². The van der Waals surface area contributed by atoms with Crippen molar-refractivity contribution in [1.29, 1.82) is 0 Å². The molecule has 0 spiro atoms. The van der Waals surface area contributed by atoms with Crippen molar-refractivity contribution in [2.75, 3.05) is 13.1 Å². The minimum absolute atomic E-state index is 0.479. The third kappa shape index (κ3) is 2.48. The molecule has 1 heterocycles. The van der Waals surface area contributed by atoms with Crippen molar-refractivity contribution < 1.29 is 0 Å². The van der Waals surface area contributed by atoms with Crippen LogP contribution in [0.15, 0.2) is 0 Å². The summed E-state index contributed by atoms with van der Waals surface area (Å²) >= 11 is 0. The van der Waals surface area contributed by atoms with E-state index in [1.807, 2.05) is 0 Å². The van der Waals surface area contributed by atoms with E-state index in [2.05, 4.69) is 11.8 Å². The molecule has 0 aromatic heterocycles. The molecule has 2 N–H and O–H groups in total. The summed E-state index contributed by atoms with van der Waals surface area (Å²) < 4.78 is 0. The highest BCUT2D eigenvalue weighted by molar-refractivity contribution is 4.83. The van der Waals surface area contributed by atoms with Crippen LogP contribution >= 0.6 is 0 Å². The summed E-state index contributed by atoms with van der Waals surface area (Å²) in [6.07, 6.45) is 8.17. The fourth-order valence-corrected chi connectivity index (χ4v) is 3.02. The van der Waals surface area contributed by atoms with Gasteiger partial charge >= 0.3 is 0 Å². The number of hydrogen-bond acceptors (Lipinski definition) is 2. The van der Waals surface area contributed by atoms with E-state index < -0.39 is 0 Å². The third-order valence-corrected chi connectivity index (χ3v) is 4.00. The zero-order valence-corrected chi connectivity index (χ0v) is 9.41. The Morgan fingerprint density at radius 2 is 1.79 bits per heavy atom. The maximum Gasteiger partial charge on any atom is 0.00978 e. The highest BCUT2D eigenvalue weighted by Crippen LogP contribution is 2.28. The third-order valence-electron chi connectivity index (χ3n) is 4.00. The lowest BCUT2D eigenvalue weighted by atomic mass is 9.85. The van der Waals surface area contributed by atoms with Crippen LogP contribution < -0.4 is 5.73 Å². The van der Waals surface area contributed by atoms with Crippen LogP contribution in [-0.4, -0.2) is 30.1 Å². The quantitative estimate of drug-likeness (QED) is 0.695. The highest BCUT2D eigenvalue weighted by Gasteiger charge is 2.26. The Labute approximate surface area is 87.8 Å². The molecule has 2 atom stereocenters. The van der Waals surface area contributed by atoms with Gasteiger partial charge in [-0.15, -0.1) is 0 Å². The number of hydrogen-bond donors (Lipinski definition) is 1. The molecule has 2 rings (SSSR count). The number of nitrogens with zero attached hydrogens (tertiary/aromatic N) is 1. The second kappa shape index (κ2) is 4.63. The molecule has 2 nitrogen and oxygen atoms in total. The van der Waals surface area contributed by atoms with Gasteiger partial charge in [0.1, 0.15) is 0 Å². The Hall–Kier alpha value is -0.0800. The Morgan fingerprint density at radius 3 is 2.43 bits per heavy atom. The van der Waals surface area contributed by atoms with E-state index in [1.54, 1.807) is 0 Å². The van der Waals surface area contributed by atoms with E-state index in [0.717, 1.165) is 12.0 Å². The minimum atomic E-state index is 0.479. The van der Waals surface area contributed by atoms with Gasteiger partial charge in [0.2, 0.25) is 0 Å². The normalized spacial score (nSPS) is 37.3. The average Bonchev–Trinajstić information content (AvgIpc) is 2.19. The first-order chi connectivity index (χ1) is 6.75. The Morgan fingerprint density at radius 1 is 1.07 bits per heavy atom. The van der Waals surface area contributed by atoms with Crippen LogP contribution in [0.3, 0.4) is 0 Å². The van der Waals surface area contributed by atoms with Crippen LogP contribution in [0.1, 0.15) is 45.4 Å². The Kier molecular flexibility index (Phi) is 3.45. The predicted molar refractivity (Wildman–Crippen MR) is 60.2 cm³/mol. The molecular formula is C12H24N2. The molecule has 0 aromatic carbocycles. The van der Waals surface area contributed by atoms with Crippen LogP contribution in [-0.2, 0) is 0 Å². The average molecular weight is 196 g/mol. The van der Waals surface area contributed by atoms with Crippen LogP contribution in [0.25, 0.3) is 0 Å². The van der Waals surface area contributed by atoms with Gasteiger partial charge in [0.15, 0.2) is 0 Å². The largest absolute Gasteiger partial charge is 0.328 e. The molecule has 0 amide bonds. The SMILES string of the molecule is CC1CCCC(N2CCC(N)CC2)C1. The van der Waals surface area contributed by atoms with Gasteiger partial charge in [-0.25, -0.2) is 0 Å². The second-order valence-corrected chi connectivity index (χ2v) is 5.30. The van der Waals surface area contributed by atoms with Gasteiger partial charge in [-0.1, -0.05) is 19.8 Å². The van der Waals surface area contributed by atoms with Gasteiger partial charge in [-0.3, -0.25) is 0 Å². The van der Waals surface area contributed by atoms with Crippen LogP contribution in [0, 0.1) is 5.92 Å². The second-order valence-electron chi connectivity index (χ2n) is 5.30. The van der Waals surface area contributed by atoms with Gasteiger partial charge in [0.05, 0.1) is 0 Å². The number of piperidine rings is 1. The smallest absolute Gasteiger partial charge is 0.00978 e. The van der Waals surface area contributed by atoms with Crippen molar-refractivity contribution in [2.45, 2.75) is 57.5 Å². The first-order valence-electron chi connectivity index (χ1n) is 6.25. The molecule has 0 bridgehead atoms. The maximum atomic E-state index is 5.93. The van der Waals surface area contributed by atoms with Gasteiger partial charge in [0.25, 0.3) is 0 Å². The van der Waals surface area contributed by atoms with Gasteiger partial charge < -0.3 is 10.6 Å². The van der Waals surface area contributed by atoms with Crippen molar-refractivity contribution in [3.05, 3.63) is 0 Å². The van der Waals surface area contributed by atoms with Gasteiger partial charge in [0, 0.05) is 12.1 Å². The molecule has 1 aliphatic heterocycles. The molecule has 2 aliphatic rings. The summed E-state index contributed by atoms with van der Waals surface area (Å²) in [5.41, 5.74) is 5.93. The monoisotopic (exact) mass is 196 g/mol. The molecule has 1 saturated heterocycles. The molecule has 0 radical (unpaired) electrons. The summed E-state index contributed by atoms with van der Waals surface area (Å²) in [7, 11) is 0. The summed E-state index contributed by atoms with van der Waals surface area (Å²) in [6, 6.07) is 1.36. The summed E-state index contributed by atoms with van der Waals surface area (Å²) in [5, 5.41) is 0. The Balaban J connectivity index is 1.82. The lowest BCUT2D eigenvalue weighted by Crippen LogP contribution is -2.46. The fourth-order valence-electron chi connectivity index (χ4n) is 3.02. The van der Waals surface area contributed by atoms with Gasteiger partial charge in [-0.05, 0) is 44.7 Å². The van der Waals surface area contributed by atoms with Crippen molar-refractivity contribution in [1.82, 2.24) is 4.90 Å². The molecule has 0 aromatic rings. The van der Waals surface area contributed by atoms with Gasteiger partial charge in [-0.2, -0.15) is 0 Å². The molecule has 14 heavy (non-hydrogen) atoms. The first-order valence-corrected chi connectivity index (χ1v) is 6.25. The summed E-state index contributed by atoms with van der Waals surface area (Å²) in [6.45, 7) is 4.90. The summed E-state index contributed by atoms with van der Waals surface area (Å²) in [4.78, 5) is 2.69. The van der Waals surface area contributed by atoms with Crippen LogP contribution in [0.4, 0.5) is 0 Å². The number of likely N-dealkylation sites (tertiary alicyclic amines) is 1. The maximum absolute atomic E-state index is 5.93. The predicted octanol–water partition coefficient (Wildman–Crippen LogP) is 1.99. The molecule has 82 valence electrons. The molecule has 2 unspecified atom stereocenters. The lowest BCUT2D eigenvalue weighted by molar-refractivity contribution is 0.106.